The summed E-state index contributed by atoms with van der Waals surface area (Å²) in [5.41, 5.74) is 4.78. The molecule has 0 spiro atoms. The van der Waals surface area contributed by atoms with Crippen LogP contribution in [0.2, 0.25) is 0 Å². The van der Waals surface area contributed by atoms with Crippen molar-refractivity contribution in [2.24, 2.45) is 5.10 Å². The van der Waals surface area contributed by atoms with E-state index < -0.39 is 0 Å². The van der Waals surface area contributed by atoms with Gasteiger partial charge in [0.1, 0.15) is 0 Å². The molecule has 0 fully saturated rings. The van der Waals surface area contributed by atoms with Crippen LogP contribution >= 0.6 is 0 Å². The Labute approximate surface area is 94.1 Å². The molecule has 4 heteroatoms. The molecular formula is C12H12N4. The van der Waals surface area contributed by atoms with Crippen LogP contribution in [0.5, 0.6) is 0 Å². The molecule has 1 aromatic heterocycles. The van der Waals surface area contributed by atoms with Gasteiger partial charge in [0, 0.05) is 12.4 Å². The van der Waals surface area contributed by atoms with Gasteiger partial charge in [0.15, 0.2) is 0 Å². The predicted molar refractivity (Wildman–Crippen MR) is 64.3 cm³/mol. The molecule has 16 heavy (non-hydrogen) atoms. The van der Waals surface area contributed by atoms with Gasteiger partial charge in [-0.2, -0.15) is 5.10 Å². The molecule has 80 valence electrons. The van der Waals surface area contributed by atoms with Gasteiger partial charge in [-0.1, -0.05) is 30.3 Å². The molecule has 0 amide bonds. The number of rotatable bonds is 3. The number of hydrazone groups is 1. The maximum absolute atomic E-state index is 4.21. The fourth-order valence-electron chi connectivity index (χ4n) is 1.23. The minimum Gasteiger partial charge on any atom is -0.245 e. The minimum atomic E-state index is 0.498. The van der Waals surface area contributed by atoms with E-state index in [4.69, 9.17) is 0 Å². The largest absolute Gasteiger partial charge is 0.245 e. The van der Waals surface area contributed by atoms with Crippen LogP contribution < -0.4 is 5.43 Å². The average molecular weight is 212 g/mol. The molecule has 0 aliphatic carbocycles. The molecule has 0 atom stereocenters. The van der Waals surface area contributed by atoms with E-state index in [-0.39, 0.29) is 0 Å². The van der Waals surface area contributed by atoms with Crippen molar-refractivity contribution >= 4 is 11.7 Å². The zero-order valence-corrected chi connectivity index (χ0v) is 8.96. The van der Waals surface area contributed by atoms with Gasteiger partial charge < -0.3 is 0 Å². The summed E-state index contributed by atoms with van der Waals surface area (Å²) in [5.74, 6) is 0.498. The van der Waals surface area contributed by atoms with Crippen molar-refractivity contribution in [2.75, 3.05) is 5.43 Å². The molecule has 0 unspecified atom stereocenters. The molecule has 1 N–H and O–H groups in total. The van der Waals surface area contributed by atoms with Crippen LogP contribution in [0, 0.1) is 0 Å². The smallest absolute Gasteiger partial charge is 0.243 e. The van der Waals surface area contributed by atoms with Crippen molar-refractivity contribution in [3.05, 3.63) is 54.4 Å². The Morgan fingerprint density at radius 1 is 1.06 bits per heavy atom. The number of hydrogen-bond acceptors (Lipinski definition) is 4. The van der Waals surface area contributed by atoms with Gasteiger partial charge in [-0.3, -0.25) is 0 Å². The number of benzene rings is 1. The molecule has 1 heterocycles. The number of nitrogens with zero attached hydrogens (tertiary/aromatic N) is 3. The van der Waals surface area contributed by atoms with Crippen LogP contribution in [0.15, 0.2) is 53.9 Å². The normalized spacial score (nSPS) is 11.2. The Hall–Kier alpha value is -2.23. The third-order valence-corrected chi connectivity index (χ3v) is 2.08. The van der Waals surface area contributed by atoms with E-state index in [9.17, 15) is 0 Å². The zero-order chi connectivity index (χ0) is 11.2. The maximum atomic E-state index is 4.21. The number of anilines is 1. The fourth-order valence-corrected chi connectivity index (χ4v) is 1.23. The predicted octanol–water partition coefficient (Wildman–Crippen LogP) is 2.31. The lowest BCUT2D eigenvalue weighted by molar-refractivity contribution is 1.11. The summed E-state index contributed by atoms with van der Waals surface area (Å²) in [4.78, 5) is 8.03. The molecule has 2 rings (SSSR count). The molecule has 0 aliphatic heterocycles. The highest BCUT2D eigenvalue weighted by molar-refractivity contribution is 5.98. The lowest BCUT2D eigenvalue weighted by Gasteiger charge is -2.01. The molecule has 0 saturated heterocycles. The first-order valence-electron chi connectivity index (χ1n) is 4.99. The maximum Gasteiger partial charge on any atom is 0.243 e. The van der Waals surface area contributed by atoms with Gasteiger partial charge in [-0.25, -0.2) is 15.4 Å². The van der Waals surface area contributed by atoms with Crippen molar-refractivity contribution in [3.63, 3.8) is 0 Å². The van der Waals surface area contributed by atoms with Crippen LogP contribution in [-0.2, 0) is 0 Å². The highest BCUT2D eigenvalue weighted by Crippen LogP contribution is 2.01. The van der Waals surface area contributed by atoms with Crippen molar-refractivity contribution in [3.8, 4) is 0 Å². The van der Waals surface area contributed by atoms with Gasteiger partial charge in [-0.05, 0) is 18.6 Å². The van der Waals surface area contributed by atoms with E-state index in [1.807, 2.05) is 37.3 Å². The zero-order valence-electron chi connectivity index (χ0n) is 8.96. The van der Waals surface area contributed by atoms with E-state index in [0.29, 0.717) is 5.95 Å². The van der Waals surface area contributed by atoms with Crippen molar-refractivity contribution in [2.45, 2.75) is 6.92 Å². The standard InChI is InChI=1S/C12H12N4/c1-10(11-6-3-2-4-7-11)15-16-12-13-8-5-9-14-12/h2-9H,1H3,(H,13,14,16). The summed E-state index contributed by atoms with van der Waals surface area (Å²) in [5, 5.41) is 4.21. The van der Waals surface area contributed by atoms with Crippen LogP contribution in [0.25, 0.3) is 0 Å². The number of nitrogens with one attached hydrogen (secondary N) is 1. The van der Waals surface area contributed by atoms with E-state index in [1.165, 1.54) is 0 Å². The minimum absolute atomic E-state index is 0.498. The summed E-state index contributed by atoms with van der Waals surface area (Å²) >= 11 is 0. The Kier molecular flexibility index (Phi) is 3.23. The Balaban J connectivity index is 2.09. The fraction of sp³-hybridized carbons (Fsp3) is 0.0833. The Morgan fingerprint density at radius 3 is 2.44 bits per heavy atom. The molecule has 0 bridgehead atoms. The third kappa shape index (κ3) is 2.63. The highest BCUT2D eigenvalue weighted by Gasteiger charge is 1.95. The van der Waals surface area contributed by atoms with Gasteiger partial charge in [0.05, 0.1) is 5.71 Å². The second kappa shape index (κ2) is 5.02. The van der Waals surface area contributed by atoms with Crippen LogP contribution in [0.1, 0.15) is 12.5 Å². The molecule has 0 saturated carbocycles. The SMILES string of the molecule is CC(=NNc1ncccn1)c1ccccc1. The highest BCUT2D eigenvalue weighted by atomic mass is 15.3. The molecule has 2 aromatic rings. The summed E-state index contributed by atoms with van der Waals surface area (Å²) in [7, 11) is 0. The van der Waals surface area contributed by atoms with Gasteiger partial charge in [0.25, 0.3) is 0 Å². The van der Waals surface area contributed by atoms with Crippen LogP contribution in [-0.4, -0.2) is 15.7 Å². The van der Waals surface area contributed by atoms with E-state index in [0.717, 1.165) is 11.3 Å². The second-order valence-corrected chi connectivity index (χ2v) is 3.25. The molecule has 1 aromatic carbocycles. The quantitative estimate of drug-likeness (QED) is 0.627. The number of hydrogen-bond donors (Lipinski definition) is 1. The summed E-state index contributed by atoms with van der Waals surface area (Å²) in [6.07, 6.45) is 3.34. The van der Waals surface area contributed by atoms with Crippen LogP contribution in [0.3, 0.4) is 0 Å². The first-order valence-corrected chi connectivity index (χ1v) is 4.99. The van der Waals surface area contributed by atoms with Crippen molar-refractivity contribution < 1.29 is 0 Å². The number of aromatic nitrogens is 2. The second-order valence-electron chi connectivity index (χ2n) is 3.25. The van der Waals surface area contributed by atoms with Crippen LogP contribution in [0.4, 0.5) is 5.95 Å². The summed E-state index contributed by atoms with van der Waals surface area (Å²) < 4.78 is 0. The topological polar surface area (TPSA) is 50.2 Å². The first-order chi connectivity index (χ1) is 7.86. The lowest BCUT2D eigenvalue weighted by atomic mass is 10.1. The molecular weight excluding hydrogens is 200 g/mol. The molecule has 0 radical (unpaired) electrons. The Morgan fingerprint density at radius 2 is 1.75 bits per heavy atom. The molecule has 4 nitrogen and oxygen atoms in total. The van der Waals surface area contributed by atoms with E-state index in [2.05, 4.69) is 20.5 Å². The van der Waals surface area contributed by atoms with Gasteiger partial charge in [0.2, 0.25) is 5.95 Å². The molecule has 0 aliphatic rings. The summed E-state index contributed by atoms with van der Waals surface area (Å²) in [6.45, 7) is 1.94. The van der Waals surface area contributed by atoms with Gasteiger partial charge in [-0.15, -0.1) is 0 Å². The lowest BCUT2D eigenvalue weighted by Crippen LogP contribution is -2.01. The van der Waals surface area contributed by atoms with E-state index >= 15 is 0 Å². The Bertz CT molecular complexity index is 465. The summed E-state index contributed by atoms with van der Waals surface area (Å²) in [6, 6.07) is 11.7. The van der Waals surface area contributed by atoms with Crippen molar-refractivity contribution in [1.82, 2.24) is 9.97 Å². The first kappa shape index (κ1) is 10.3. The average Bonchev–Trinajstić information content (AvgIpc) is 2.38. The third-order valence-electron chi connectivity index (χ3n) is 2.08. The monoisotopic (exact) mass is 212 g/mol. The van der Waals surface area contributed by atoms with Gasteiger partial charge >= 0.3 is 0 Å². The van der Waals surface area contributed by atoms with E-state index in [1.54, 1.807) is 18.5 Å². The van der Waals surface area contributed by atoms with Crippen molar-refractivity contribution in [1.29, 1.82) is 0 Å².